The van der Waals surface area contributed by atoms with Crippen LogP contribution in [0.5, 0.6) is 0 Å². The lowest BCUT2D eigenvalue weighted by atomic mass is 10.1. The predicted octanol–water partition coefficient (Wildman–Crippen LogP) is 5.29. The SMILES string of the molecule is C[C@@H](Sc1ncnc2ccccc12)C(=O)N[C@H](C)c1ccc(Cl)cc1Cl. The van der Waals surface area contributed by atoms with Crippen LogP contribution in [0.3, 0.4) is 0 Å². The van der Waals surface area contributed by atoms with Gasteiger partial charge in [0.2, 0.25) is 5.91 Å². The fourth-order valence-corrected chi connectivity index (χ4v) is 4.05. The minimum atomic E-state index is -0.318. The van der Waals surface area contributed by atoms with E-state index in [0.29, 0.717) is 10.0 Å². The fraction of sp³-hybridized carbons (Fsp3) is 0.211. The Balaban J connectivity index is 1.71. The number of amides is 1. The van der Waals surface area contributed by atoms with Crippen LogP contribution in [-0.4, -0.2) is 21.1 Å². The predicted molar refractivity (Wildman–Crippen MR) is 108 cm³/mol. The lowest BCUT2D eigenvalue weighted by Gasteiger charge is -2.19. The summed E-state index contributed by atoms with van der Waals surface area (Å²) < 4.78 is 0. The summed E-state index contributed by atoms with van der Waals surface area (Å²) in [4.78, 5) is 21.2. The van der Waals surface area contributed by atoms with Gasteiger partial charge in [-0.25, -0.2) is 9.97 Å². The molecule has 0 aliphatic heterocycles. The first kappa shape index (κ1) is 19.0. The van der Waals surface area contributed by atoms with Crippen molar-refractivity contribution in [2.24, 2.45) is 0 Å². The molecule has 26 heavy (non-hydrogen) atoms. The number of carbonyl (C=O) groups is 1. The van der Waals surface area contributed by atoms with Gasteiger partial charge in [0.1, 0.15) is 11.4 Å². The van der Waals surface area contributed by atoms with Gasteiger partial charge in [-0.2, -0.15) is 0 Å². The molecule has 1 aromatic heterocycles. The largest absolute Gasteiger partial charge is 0.349 e. The van der Waals surface area contributed by atoms with Crippen LogP contribution in [0.1, 0.15) is 25.5 Å². The lowest BCUT2D eigenvalue weighted by Crippen LogP contribution is -2.33. The molecule has 134 valence electrons. The molecule has 4 nitrogen and oxygen atoms in total. The monoisotopic (exact) mass is 405 g/mol. The number of thioether (sulfide) groups is 1. The van der Waals surface area contributed by atoms with Crippen molar-refractivity contribution in [2.45, 2.75) is 30.2 Å². The quantitative estimate of drug-likeness (QED) is 0.462. The smallest absolute Gasteiger partial charge is 0.233 e. The van der Waals surface area contributed by atoms with E-state index in [0.717, 1.165) is 21.5 Å². The number of halogens is 2. The molecular weight excluding hydrogens is 389 g/mol. The average Bonchev–Trinajstić information content (AvgIpc) is 2.61. The number of nitrogens with one attached hydrogen (secondary N) is 1. The Bertz CT molecular complexity index is 946. The van der Waals surface area contributed by atoms with Crippen molar-refractivity contribution in [3.8, 4) is 0 Å². The van der Waals surface area contributed by atoms with Crippen LogP contribution in [0, 0.1) is 0 Å². The van der Waals surface area contributed by atoms with E-state index in [1.165, 1.54) is 18.1 Å². The van der Waals surface area contributed by atoms with E-state index in [2.05, 4.69) is 15.3 Å². The Kier molecular flexibility index (Phi) is 6.01. The summed E-state index contributed by atoms with van der Waals surface area (Å²) in [5.41, 5.74) is 1.69. The van der Waals surface area contributed by atoms with Crippen molar-refractivity contribution in [1.82, 2.24) is 15.3 Å². The highest BCUT2D eigenvalue weighted by Crippen LogP contribution is 2.29. The molecule has 0 aliphatic rings. The van der Waals surface area contributed by atoms with E-state index in [-0.39, 0.29) is 17.2 Å². The third-order valence-electron chi connectivity index (χ3n) is 3.95. The zero-order chi connectivity index (χ0) is 18.7. The summed E-state index contributed by atoms with van der Waals surface area (Å²) in [6, 6.07) is 12.8. The minimum Gasteiger partial charge on any atom is -0.349 e. The maximum atomic E-state index is 12.6. The normalized spacial score (nSPS) is 13.4. The molecule has 0 radical (unpaired) electrons. The van der Waals surface area contributed by atoms with Crippen molar-refractivity contribution >= 4 is 51.8 Å². The van der Waals surface area contributed by atoms with Crippen LogP contribution in [0.25, 0.3) is 10.9 Å². The number of fused-ring (bicyclic) bond motifs is 1. The Morgan fingerprint density at radius 2 is 1.88 bits per heavy atom. The molecule has 2 aromatic carbocycles. The number of rotatable bonds is 5. The van der Waals surface area contributed by atoms with Crippen LogP contribution < -0.4 is 5.32 Å². The second-order valence-corrected chi connectivity index (χ2v) is 8.03. The maximum absolute atomic E-state index is 12.6. The Morgan fingerprint density at radius 1 is 1.12 bits per heavy atom. The average molecular weight is 406 g/mol. The van der Waals surface area contributed by atoms with Crippen LogP contribution >= 0.6 is 35.0 Å². The Labute approximate surface area is 166 Å². The molecule has 1 heterocycles. The highest BCUT2D eigenvalue weighted by molar-refractivity contribution is 8.00. The number of carbonyl (C=O) groups excluding carboxylic acids is 1. The van der Waals surface area contributed by atoms with Gasteiger partial charge in [0.15, 0.2) is 0 Å². The van der Waals surface area contributed by atoms with Gasteiger partial charge in [-0.3, -0.25) is 4.79 Å². The van der Waals surface area contributed by atoms with Crippen LogP contribution in [-0.2, 0) is 4.79 Å². The van der Waals surface area contributed by atoms with Gasteiger partial charge in [-0.1, -0.05) is 59.2 Å². The van der Waals surface area contributed by atoms with Crippen molar-refractivity contribution in [3.63, 3.8) is 0 Å². The van der Waals surface area contributed by atoms with Crippen LogP contribution in [0.15, 0.2) is 53.8 Å². The number of para-hydroxylation sites is 1. The highest BCUT2D eigenvalue weighted by Gasteiger charge is 2.20. The molecule has 1 N–H and O–H groups in total. The Morgan fingerprint density at radius 3 is 2.65 bits per heavy atom. The first-order chi connectivity index (χ1) is 12.5. The summed E-state index contributed by atoms with van der Waals surface area (Å²) >= 11 is 13.6. The summed E-state index contributed by atoms with van der Waals surface area (Å²) in [6.07, 6.45) is 1.52. The summed E-state index contributed by atoms with van der Waals surface area (Å²) in [6.45, 7) is 3.75. The van der Waals surface area contributed by atoms with Gasteiger partial charge < -0.3 is 5.32 Å². The highest BCUT2D eigenvalue weighted by atomic mass is 35.5. The molecular formula is C19H17Cl2N3OS. The standard InChI is InChI=1S/C19H17Cl2N3OS/c1-11(14-8-7-13(20)9-16(14)21)24-18(25)12(2)26-19-15-5-3-4-6-17(15)22-10-23-19/h3-12H,1-2H3,(H,24,25)/t11-,12-/m1/s1. The van der Waals surface area contributed by atoms with E-state index >= 15 is 0 Å². The molecule has 3 aromatic rings. The first-order valence-corrected chi connectivity index (χ1v) is 9.71. The minimum absolute atomic E-state index is 0.0868. The topological polar surface area (TPSA) is 54.9 Å². The summed E-state index contributed by atoms with van der Waals surface area (Å²) in [5.74, 6) is -0.0868. The molecule has 7 heteroatoms. The van der Waals surface area contributed by atoms with Gasteiger partial charge >= 0.3 is 0 Å². The molecule has 0 spiro atoms. The molecule has 3 rings (SSSR count). The van der Waals surface area contributed by atoms with Gasteiger partial charge in [0.05, 0.1) is 16.8 Å². The van der Waals surface area contributed by atoms with E-state index in [4.69, 9.17) is 23.2 Å². The van der Waals surface area contributed by atoms with Crippen LogP contribution in [0.4, 0.5) is 0 Å². The van der Waals surface area contributed by atoms with Gasteiger partial charge in [-0.05, 0) is 37.6 Å². The third-order valence-corrected chi connectivity index (χ3v) is 5.63. The van der Waals surface area contributed by atoms with Crippen LogP contribution in [0.2, 0.25) is 10.0 Å². The molecule has 0 bridgehead atoms. The third kappa shape index (κ3) is 4.29. The van der Waals surface area contributed by atoms with Crippen molar-refractivity contribution < 1.29 is 4.79 Å². The van der Waals surface area contributed by atoms with E-state index in [1.807, 2.05) is 44.2 Å². The fourth-order valence-electron chi connectivity index (χ4n) is 2.56. The zero-order valence-corrected chi connectivity index (χ0v) is 16.6. The molecule has 1 amide bonds. The molecule has 0 saturated carbocycles. The first-order valence-electron chi connectivity index (χ1n) is 8.07. The van der Waals surface area contributed by atoms with E-state index in [9.17, 15) is 4.79 Å². The summed E-state index contributed by atoms with van der Waals surface area (Å²) in [7, 11) is 0. The number of aromatic nitrogens is 2. The van der Waals surface area contributed by atoms with E-state index < -0.39 is 0 Å². The van der Waals surface area contributed by atoms with Crippen molar-refractivity contribution in [1.29, 1.82) is 0 Å². The second kappa shape index (κ2) is 8.25. The summed E-state index contributed by atoms with van der Waals surface area (Å²) in [5, 5.41) is 5.50. The number of hydrogen-bond acceptors (Lipinski definition) is 4. The molecule has 0 fully saturated rings. The van der Waals surface area contributed by atoms with Gasteiger partial charge in [0, 0.05) is 15.4 Å². The van der Waals surface area contributed by atoms with Gasteiger partial charge in [0.25, 0.3) is 0 Å². The number of nitrogens with zero attached hydrogens (tertiary/aromatic N) is 2. The van der Waals surface area contributed by atoms with Crippen molar-refractivity contribution in [3.05, 3.63) is 64.4 Å². The Hall–Kier alpha value is -1.82. The molecule has 0 saturated heterocycles. The molecule has 0 unspecified atom stereocenters. The van der Waals surface area contributed by atoms with E-state index in [1.54, 1.807) is 12.1 Å². The molecule has 0 aliphatic carbocycles. The number of hydrogen-bond donors (Lipinski definition) is 1. The molecule has 2 atom stereocenters. The lowest BCUT2D eigenvalue weighted by molar-refractivity contribution is -0.120. The zero-order valence-electron chi connectivity index (χ0n) is 14.2. The van der Waals surface area contributed by atoms with Gasteiger partial charge in [-0.15, -0.1) is 0 Å². The maximum Gasteiger partial charge on any atom is 0.233 e. The number of benzene rings is 2. The van der Waals surface area contributed by atoms with Crippen molar-refractivity contribution in [2.75, 3.05) is 0 Å². The second-order valence-electron chi connectivity index (χ2n) is 5.85.